The number of pyridine rings is 1. The molecule has 0 saturated heterocycles. The molecule has 1 aliphatic rings. The topological polar surface area (TPSA) is 96.7 Å². The lowest BCUT2D eigenvalue weighted by Crippen LogP contribution is -2.25. The average Bonchev–Trinajstić information content (AvgIpc) is 3.39. The predicted molar refractivity (Wildman–Crippen MR) is 154 cm³/mol. The van der Waals surface area contributed by atoms with Gasteiger partial charge in [-0.1, -0.05) is 29.8 Å². The number of carboxylic acids is 1. The van der Waals surface area contributed by atoms with Gasteiger partial charge in [0.05, 0.1) is 21.5 Å². The van der Waals surface area contributed by atoms with Gasteiger partial charge in [-0.15, -0.1) is 0 Å². The quantitative estimate of drug-likeness (QED) is 0.262. The number of rotatable bonds is 5. The van der Waals surface area contributed by atoms with E-state index in [1.807, 2.05) is 6.92 Å². The Hall–Kier alpha value is -4.74. The first-order chi connectivity index (χ1) is 20.4. The number of hydrogen-bond donors (Lipinski definition) is 1. The zero-order valence-corrected chi connectivity index (χ0v) is 23.7. The number of halogens is 3. The van der Waals surface area contributed by atoms with Crippen LogP contribution in [-0.2, 0) is 23.1 Å². The van der Waals surface area contributed by atoms with Crippen LogP contribution in [0.1, 0.15) is 32.6 Å². The third-order valence-electron chi connectivity index (χ3n) is 7.73. The number of carbonyl (C=O) groups is 1. The van der Waals surface area contributed by atoms with Crippen LogP contribution in [0.3, 0.4) is 0 Å². The summed E-state index contributed by atoms with van der Waals surface area (Å²) in [6.45, 7) is 3.56. The lowest BCUT2D eigenvalue weighted by Gasteiger charge is -2.18. The normalized spacial score (nSPS) is 13.4. The van der Waals surface area contributed by atoms with Crippen LogP contribution in [0.25, 0.3) is 27.7 Å². The number of aromatic nitrogens is 1. The maximum absolute atomic E-state index is 15.8. The van der Waals surface area contributed by atoms with E-state index in [1.54, 1.807) is 42.5 Å². The van der Waals surface area contributed by atoms with Crippen LogP contribution in [0.2, 0.25) is 0 Å². The molecule has 2 heterocycles. The summed E-state index contributed by atoms with van der Waals surface area (Å²) in [7, 11) is -3.79. The van der Waals surface area contributed by atoms with Crippen molar-refractivity contribution in [1.82, 2.24) is 8.87 Å². The molecular formula is C32H23F3N2O5S. The summed E-state index contributed by atoms with van der Waals surface area (Å²) in [6.07, 6.45) is 0.939. The molecule has 0 fully saturated rings. The smallest absolute Gasteiger partial charge is 0.341 e. The van der Waals surface area contributed by atoms with Gasteiger partial charge < -0.3 is 9.67 Å². The highest BCUT2D eigenvalue weighted by atomic mass is 32.2. The van der Waals surface area contributed by atoms with Gasteiger partial charge in [-0.3, -0.25) is 4.79 Å². The van der Waals surface area contributed by atoms with Crippen LogP contribution in [0.5, 0.6) is 0 Å². The van der Waals surface area contributed by atoms with Crippen LogP contribution >= 0.6 is 0 Å². The van der Waals surface area contributed by atoms with Crippen molar-refractivity contribution in [3.63, 3.8) is 0 Å². The van der Waals surface area contributed by atoms with Crippen molar-refractivity contribution in [1.29, 1.82) is 0 Å². The zero-order chi connectivity index (χ0) is 30.8. The van der Waals surface area contributed by atoms with Gasteiger partial charge in [-0.2, -0.15) is 4.31 Å². The van der Waals surface area contributed by atoms with Gasteiger partial charge in [0.15, 0.2) is 0 Å². The number of carboxylic acid groups (broad SMARTS) is 1. The number of sulfonamides is 1. The molecule has 0 bridgehead atoms. The Bertz CT molecular complexity index is 2160. The van der Waals surface area contributed by atoms with E-state index in [4.69, 9.17) is 0 Å². The van der Waals surface area contributed by atoms with Gasteiger partial charge in [0, 0.05) is 30.9 Å². The second kappa shape index (κ2) is 10.2. The van der Waals surface area contributed by atoms with Crippen molar-refractivity contribution in [3.8, 4) is 16.8 Å². The van der Waals surface area contributed by atoms with E-state index in [0.29, 0.717) is 17.2 Å². The van der Waals surface area contributed by atoms with Crippen LogP contribution in [0.4, 0.5) is 13.2 Å². The average molecular weight is 605 g/mol. The molecule has 4 aromatic carbocycles. The molecule has 0 amide bonds. The maximum Gasteiger partial charge on any atom is 0.341 e. The predicted octanol–water partition coefficient (Wildman–Crippen LogP) is 6.09. The van der Waals surface area contributed by atoms with Gasteiger partial charge in [-0.05, 0) is 72.5 Å². The van der Waals surface area contributed by atoms with Gasteiger partial charge in [0.2, 0.25) is 15.5 Å². The van der Waals surface area contributed by atoms with Crippen molar-refractivity contribution in [2.45, 2.75) is 31.8 Å². The van der Waals surface area contributed by atoms with Crippen LogP contribution in [0.15, 0.2) is 82.6 Å². The molecule has 0 saturated carbocycles. The Labute approximate surface area is 244 Å². The number of benzene rings is 4. The Kier molecular flexibility index (Phi) is 6.74. The van der Waals surface area contributed by atoms with Crippen molar-refractivity contribution >= 4 is 26.9 Å². The summed E-state index contributed by atoms with van der Waals surface area (Å²) in [5.74, 6) is -4.28. The molecule has 0 spiro atoms. The lowest BCUT2D eigenvalue weighted by molar-refractivity contribution is 0.0695. The van der Waals surface area contributed by atoms with E-state index in [0.717, 1.165) is 40.1 Å². The summed E-state index contributed by atoms with van der Waals surface area (Å²) < 4.78 is 73.5. The Balaban J connectivity index is 1.50. The highest BCUT2D eigenvalue weighted by molar-refractivity contribution is 7.89. The lowest BCUT2D eigenvalue weighted by atomic mass is 9.94. The molecule has 43 heavy (non-hydrogen) atoms. The molecule has 0 atom stereocenters. The second-order valence-electron chi connectivity index (χ2n) is 10.5. The van der Waals surface area contributed by atoms with Crippen molar-refractivity contribution in [2.75, 3.05) is 0 Å². The molecule has 1 aromatic heterocycles. The van der Waals surface area contributed by atoms with Gasteiger partial charge >= 0.3 is 5.97 Å². The Morgan fingerprint density at radius 2 is 1.56 bits per heavy atom. The first-order valence-corrected chi connectivity index (χ1v) is 14.6. The summed E-state index contributed by atoms with van der Waals surface area (Å²) >= 11 is 0. The SMILES string of the molecule is Cc1ccc(S(=O)(=O)N2Cc3ccc(-c4c(F)cc5c(=O)c(C(=O)O)cn(-c6ccc(F)cc6F)c5c4C)cc3C2)cc1. The second-order valence-corrected chi connectivity index (χ2v) is 12.4. The van der Waals surface area contributed by atoms with E-state index in [1.165, 1.54) is 11.2 Å². The van der Waals surface area contributed by atoms with Gasteiger partial charge in [0.1, 0.15) is 23.0 Å². The molecule has 11 heteroatoms. The molecule has 0 radical (unpaired) electrons. The number of hydrogen-bond acceptors (Lipinski definition) is 4. The minimum Gasteiger partial charge on any atom is -0.477 e. The first-order valence-electron chi connectivity index (χ1n) is 13.1. The van der Waals surface area contributed by atoms with E-state index >= 15 is 4.39 Å². The summed E-state index contributed by atoms with van der Waals surface area (Å²) in [5, 5.41) is 9.33. The fourth-order valence-corrected chi connectivity index (χ4v) is 6.97. The third kappa shape index (κ3) is 4.70. The molecule has 0 unspecified atom stereocenters. The fourth-order valence-electron chi connectivity index (χ4n) is 5.57. The standard InChI is InChI=1S/C32H23F3N2O5S/c1-17-3-8-23(9-4-17)43(41,42)36-14-20-6-5-19(11-21(20)15-36)29-18(2)30-24(13-27(29)35)31(38)25(32(39)40)16-37(30)28-10-7-22(33)12-26(28)34/h3-13,16H,14-15H2,1-2H3,(H,39,40). The Morgan fingerprint density at radius 1 is 0.860 bits per heavy atom. The fraction of sp³-hybridized carbons (Fsp3) is 0.125. The van der Waals surface area contributed by atoms with E-state index in [2.05, 4.69) is 0 Å². The Morgan fingerprint density at radius 3 is 2.23 bits per heavy atom. The molecule has 218 valence electrons. The molecule has 1 N–H and O–H groups in total. The highest BCUT2D eigenvalue weighted by Gasteiger charge is 2.31. The van der Waals surface area contributed by atoms with E-state index in [-0.39, 0.29) is 45.7 Å². The molecule has 6 rings (SSSR count). The minimum atomic E-state index is -3.79. The molecule has 1 aliphatic heterocycles. The van der Waals surface area contributed by atoms with E-state index in [9.17, 15) is 31.9 Å². The van der Waals surface area contributed by atoms with Gasteiger partial charge in [-0.25, -0.2) is 26.4 Å². The minimum absolute atomic E-state index is 0.0426. The largest absolute Gasteiger partial charge is 0.477 e. The van der Waals surface area contributed by atoms with Crippen LogP contribution in [0, 0.1) is 31.3 Å². The summed E-state index contributed by atoms with van der Waals surface area (Å²) in [4.78, 5) is 25.1. The summed E-state index contributed by atoms with van der Waals surface area (Å²) in [6, 6.07) is 15.2. The number of aryl methyl sites for hydroxylation is 2. The van der Waals surface area contributed by atoms with Crippen molar-refractivity contribution in [3.05, 3.63) is 128 Å². The molecule has 7 nitrogen and oxygen atoms in total. The first kappa shape index (κ1) is 28.4. The third-order valence-corrected chi connectivity index (χ3v) is 9.54. The number of nitrogens with zero attached hydrogens (tertiary/aromatic N) is 2. The van der Waals surface area contributed by atoms with Crippen LogP contribution in [-0.4, -0.2) is 28.4 Å². The molecule has 0 aliphatic carbocycles. The molecule has 5 aromatic rings. The van der Waals surface area contributed by atoms with Crippen LogP contribution < -0.4 is 5.43 Å². The van der Waals surface area contributed by atoms with Crippen molar-refractivity contribution in [2.24, 2.45) is 0 Å². The van der Waals surface area contributed by atoms with Gasteiger partial charge in [0.25, 0.3) is 0 Å². The monoisotopic (exact) mass is 604 g/mol. The summed E-state index contributed by atoms with van der Waals surface area (Å²) in [5.41, 5.74) is 1.12. The molecular weight excluding hydrogens is 581 g/mol. The van der Waals surface area contributed by atoms with E-state index < -0.39 is 44.4 Å². The zero-order valence-electron chi connectivity index (χ0n) is 22.9. The maximum atomic E-state index is 15.8. The van der Waals surface area contributed by atoms with Crippen molar-refractivity contribution < 1.29 is 31.5 Å². The number of aromatic carboxylic acids is 1. The number of fused-ring (bicyclic) bond motifs is 2. The highest BCUT2D eigenvalue weighted by Crippen LogP contribution is 2.37.